The molecule has 1 atom stereocenters. The second kappa shape index (κ2) is 8.35. The molecule has 0 fully saturated rings. The van der Waals surface area contributed by atoms with Gasteiger partial charge in [-0.25, -0.2) is 4.79 Å². The molecule has 0 saturated carbocycles. The number of fused-ring (bicyclic) bond motifs is 2. The van der Waals surface area contributed by atoms with Crippen LogP contribution in [0.25, 0.3) is 0 Å². The number of carbonyl (C=O) groups is 2. The molecule has 9 heteroatoms. The van der Waals surface area contributed by atoms with Gasteiger partial charge in [0.2, 0.25) is 6.79 Å². The fourth-order valence-electron chi connectivity index (χ4n) is 3.99. The van der Waals surface area contributed by atoms with Gasteiger partial charge in [0.1, 0.15) is 0 Å². The zero-order valence-corrected chi connectivity index (χ0v) is 17.7. The van der Waals surface area contributed by atoms with Gasteiger partial charge in [-0.2, -0.15) is 0 Å². The minimum absolute atomic E-state index is 0.0900. The number of hydrogen-bond donors (Lipinski definition) is 0. The lowest BCUT2D eigenvalue weighted by Crippen LogP contribution is -2.31. The van der Waals surface area contributed by atoms with Gasteiger partial charge in [0, 0.05) is 19.2 Å². The predicted octanol–water partition coefficient (Wildman–Crippen LogP) is 2.56. The molecule has 2 aliphatic rings. The Hall–Kier alpha value is -3.46. The standard InChI is InChI=1S/C22H23NO8/c1-26-15-6-5-13-18(19(15)27-2)20(24)23(21(13)28-3)8-7-12-9-16-17(31-11-30-16)10-14(12)22(25)29-4/h5-6,9-10,21H,7-8,11H2,1-4H3. The van der Waals surface area contributed by atoms with Crippen LogP contribution in [0, 0.1) is 0 Å². The van der Waals surface area contributed by atoms with Crippen LogP contribution in [0.15, 0.2) is 24.3 Å². The van der Waals surface area contributed by atoms with Crippen molar-refractivity contribution in [3.8, 4) is 23.0 Å². The highest BCUT2D eigenvalue weighted by Crippen LogP contribution is 2.44. The van der Waals surface area contributed by atoms with Gasteiger partial charge in [-0.3, -0.25) is 4.79 Å². The fourth-order valence-corrected chi connectivity index (χ4v) is 3.99. The van der Waals surface area contributed by atoms with E-state index in [0.29, 0.717) is 58.2 Å². The Balaban J connectivity index is 1.65. The molecule has 0 bridgehead atoms. The molecule has 0 radical (unpaired) electrons. The van der Waals surface area contributed by atoms with E-state index in [9.17, 15) is 9.59 Å². The summed E-state index contributed by atoms with van der Waals surface area (Å²) < 4.78 is 32.1. The maximum absolute atomic E-state index is 13.3. The second-order valence-corrected chi connectivity index (χ2v) is 6.96. The van der Waals surface area contributed by atoms with E-state index in [1.165, 1.54) is 28.4 Å². The molecular weight excluding hydrogens is 406 g/mol. The van der Waals surface area contributed by atoms with Crippen LogP contribution in [0.5, 0.6) is 23.0 Å². The molecule has 2 heterocycles. The Labute approximate surface area is 179 Å². The zero-order valence-electron chi connectivity index (χ0n) is 17.7. The van der Waals surface area contributed by atoms with Crippen molar-refractivity contribution in [3.05, 3.63) is 46.5 Å². The van der Waals surface area contributed by atoms with Gasteiger partial charge in [0.05, 0.1) is 32.5 Å². The van der Waals surface area contributed by atoms with Crippen LogP contribution >= 0.6 is 0 Å². The van der Waals surface area contributed by atoms with E-state index in [0.717, 1.165) is 0 Å². The highest BCUT2D eigenvalue weighted by Gasteiger charge is 2.40. The second-order valence-electron chi connectivity index (χ2n) is 6.96. The van der Waals surface area contributed by atoms with Gasteiger partial charge in [-0.15, -0.1) is 0 Å². The minimum Gasteiger partial charge on any atom is -0.493 e. The van der Waals surface area contributed by atoms with E-state index < -0.39 is 12.2 Å². The highest BCUT2D eigenvalue weighted by molar-refractivity contribution is 6.02. The number of benzene rings is 2. The molecule has 0 N–H and O–H groups in total. The number of ether oxygens (including phenoxy) is 6. The number of rotatable bonds is 7. The van der Waals surface area contributed by atoms with Crippen molar-refractivity contribution in [2.75, 3.05) is 41.8 Å². The maximum Gasteiger partial charge on any atom is 0.338 e. The lowest BCUT2D eigenvalue weighted by Gasteiger charge is -2.24. The van der Waals surface area contributed by atoms with Crippen molar-refractivity contribution in [1.29, 1.82) is 0 Å². The van der Waals surface area contributed by atoms with Gasteiger partial charge in [-0.05, 0) is 36.2 Å². The van der Waals surface area contributed by atoms with Crippen molar-refractivity contribution in [3.63, 3.8) is 0 Å². The lowest BCUT2D eigenvalue weighted by atomic mass is 10.0. The first-order valence-corrected chi connectivity index (χ1v) is 9.63. The number of esters is 1. The molecule has 31 heavy (non-hydrogen) atoms. The minimum atomic E-state index is -0.585. The summed E-state index contributed by atoms with van der Waals surface area (Å²) in [5.41, 5.74) is 2.15. The molecule has 1 amide bonds. The Bertz CT molecular complexity index is 1030. The molecule has 0 aromatic heterocycles. The van der Waals surface area contributed by atoms with Crippen LogP contribution in [0.4, 0.5) is 0 Å². The number of methoxy groups -OCH3 is 4. The van der Waals surface area contributed by atoms with Gasteiger partial charge in [-0.1, -0.05) is 0 Å². The Kier molecular flexibility index (Phi) is 5.60. The third-order valence-electron chi connectivity index (χ3n) is 5.45. The van der Waals surface area contributed by atoms with Crippen LogP contribution in [0.3, 0.4) is 0 Å². The molecule has 0 spiro atoms. The van der Waals surface area contributed by atoms with Crippen LogP contribution in [-0.4, -0.2) is 58.6 Å². The summed E-state index contributed by atoms with van der Waals surface area (Å²) in [5.74, 6) is 1.15. The number of amides is 1. The average Bonchev–Trinajstić information content (AvgIpc) is 3.36. The van der Waals surface area contributed by atoms with Crippen LogP contribution < -0.4 is 18.9 Å². The van der Waals surface area contributed by atoms with Gasteiger partial charge < -0.3 is 33.3 Å². The molecule has 2 aromatic carbocycles. The van der Waals surface area contributed by atoms with Crippen LogP contribution in [0.1, 0.15) is 38.1 Å². The Morgan fingerprint density at radius 1 is 1.10 bits per heavy atom. The van der Waals surface area contributed by atoms with E-state index in [2.05, 4.69) is 0 Å². The first-order chi connectivity index (χ1) is 15.0. The van der Waals surface area contributed by atoms with E-state index in [4.69, 9.17) is 28.4 Å². The van der Waals surface area contributed by atoms with Crippen molar-refractivity contribution in [2.45, 2.75) is 12.6 Å². The maximum atomic E-state index is 13.3. The van der Waals surface area contributed by atoms with E-state index in [-0.39, 0.29) is 12.7 Å². The quantitative estimate of drug-likeness (QED) is 0.620. The highest BCUT2D eigenvalue weighted by atomic mass is 16.7. The lowest BCUT2D eigenvalue weighted by molar-refractivity contribution is -0.0119. The van der Waals surface area contributed by atoms with E-state index >= 15 is 0 Å². The Morgan fingerprint density at radius 2 is 1.84 bits per heavy atom. The smallest absolute Gasteiger partial charge is 0.338 e. The van der Waals surface area contributed by atoms with Crippen molar-refractivity contribution < 1.29 is 38.0 Å². The topological polar surface area (TPSA) is 92.8 Å². The number of carbonyl (C=O) groups excluding carboxylic acids is 2. The Morgan fingerprint density at radius 3 is 2.48 bits per heavy atom. The summed E-state index contributed by atoms with van der Waals surface area (Å²) in [6, 6.07) is 6.89. The van der Waals surface area contributed by atoms with E-state index in [1.54, 1.807) is 29.2 Å². The summed E-state index contributed by atoms with van der Waals surface area (Å²) in [6.07, 6.45) is -0.210. The summed E-state index contributed by atoms with van der Waals surface area (Å²) in [6.45, 7) is 0.383. The molecule has 0 saturated heterocycles. The monoisotopic (exact) mass is 429 g/mol. The first-order valence-electron chi connectivity index (χ1n) is 9.63. The molecule has 164 valence electrons. The molecule has 2 aromatic rings. The van der Waals surface area contributed by atoms with Gasteiger partial charge in [0.15, 0.2) is 29.2 Å². The molecule has 0 aliphatic carbocycles. The zero-order chi connectivity index (χ0) is 22.1. The summed E-state index contributed by atoms with van der Waals surface area (Å²) in [5, 5.41) is 0. The van der Waals surface area contributed by atoms with Crippen LogP contribution in [-0.2, 0) is 15.9 Å². The van der Waals surface area contributed by atoms with Gasteiger partial charge >= 0.3 is 5.97 Å². The molecule has 9 nitrogen and oxygen atoms in total. The van der Waals surface area contributed by atoms with Gasteiger partial charge in [0.25, 0.3) is 5.91 Å². The van der Waals surface area contributed by atoms with Crippen molar-refractivity contribution >= 4 is 11.9 Å². The summed E-state index contributed by atoms with van der Waals surface area (Å²) >= 11 is 0. The molecule has 4 rings (SSSR count). The SMILES string of the molecule is COC(=O)c1cc2c(cc1CCN1C(=O)c3c(ccc(OC)c3OC)C1OC)OCO2. The fraction of sp³-hybridized carbons (Fsp3) is 0.364. The first kappa shape index (κ1) is 20.8. The normalized spacial score (nSPS) is 16.3. The molecular formula is C22H23NO8. The summed E-state index contributed by atoms with van der Waals surface area (Å²) in [7, 11) is 5.86. The average molecular weight is 429 g/mol. The predicted molar refractivity (Wildman–Crippen MR) is 108 cm³/mol. The molecule has 1 unspecified atom stereocenters. The largest absolute Gasteiger partial charge is 0.493 e. The molecule has 2 aliphatic heterocycles. The third-order valence-corrected chi connectivity index (χ3v) is 5.45. The summed E-state index contributed by atoms with van der Waals surface area (Å²) in [4.78, 5) is 27.2. The van der Waals surface area contributed by atoms with Crippen LogP contribution in [0.2, 0.25) is 0 Å². The van der Waals surface area contributed by atoms with Crippen molar-refractivity contribution in [1.82, 2.24) is 4.90 Å². The number of hydrogen-bond acceptors (Lipinski definition) is 8. The third kappa shape index (κ3) is 3.40. The van der Waals surface area contributed by atoms with Crippen molar-refractivity contribution in [2.24, 2.45) is 0 Å². The van der Waals surface area contributed by atoms with E-state index in [1.807, 2.05) is 0 Å². The number of nitrogens with zero attached hydrogens (tertiary/aromatic N) is 1.